The molecule has 2 rings (SSSR count). The summed E-state index contributed by atoms with van der Waals surface area (Å²) in [6, 6.07) is 0. The second-order valence-electron chi connectivity index (χ2n) is 4.83. The van der Waals surface area contributed by atoms with Gasteiger partial charge in [0, 0.05) is 0 Å². The van der Waals surface area contributed by atoms with Crippen LogP contribution in [-0.2, 0) is 9.47 Å². The molecule has 4 atom stereocenters. The van der Waals surface area contributed by atoms with Crippen LogP contribution in [0.5, 0.6) is 0 Å². The molecule has 0 aromatic carbocycles. The smallest absolute Gasteiger partial charge is 0.104 e. The Morgan fingerprint density at radius 1 is 1.36 bits per heavy atom. The molecule has 14 heavy (non-hydrogen) atoms. The molecule has 0 amide bonds. The van der Waals surface area contributed by atoms with E-state index in [0.717, 1.165) is 25.0 Å². The monoisotopic (exact) mass is 198 g/mol. The highest BCUT2D eigenvalue weighted by atomic mass is 16.6. The molecule has 2 nitrogen and oxygen atoms in total. The highest BCUT2D eigenvalue weighted by Gasteiger charge is 2.32. The quantitative estimate of drug-likeness (QED) is 0.648. The first-order valence-corrected chi connectivity index (χ1v) is 6.04. The van der Waals surface area contributed by atoms with Crippen molar-refractivity contribution in [3.63, 3.8) is 0 Å². The fourth-order valence-electron chi connectivity index (χ4n) is 2.61. The largest absolute Gasteiger partial charge is 0.375 e. The van der Waals surface area contributed by atoms with Crippen LogP contribution in [0, 0.1) is 11.8 Å². The lowest BCUT2D eigenvalue weighted by Gasteiger charge is -2.35. The fourth-order valence-corrected chi connectivity index (χ4v) is 2.61. The predicted octanol–water partition coefficient (Wildman–Crippen LogP) is 2.62. The third kappa shape index (κ3) is 2.48. The number of hydrogen-bond donors (Lipinski definition) is 0. The van der Waals surface area contributed by atoms with Crippen molar-refractivity contribution in [1.29, 1.82) is 0 Å². The topological polar surface area (TPSA) is 21.8 Å². The summed E-state index contributed by atoms with van der Waals surface area (Å²) in [5.41, 5.74) is 0. The van der Waals surface area contributed by atoms with E-state index < -0.39 is 0 Å². The first-order chi connectivity index (χ1) is 6.81. The molecule has 0 radical (unpaired) electrons. The van der Waals surface area contributed by atoms with Gasteiger partial charge in [0.25, 0.3) is 0 Å². The summed E-state index contributed by atoms with van der Waals surface area (Å²) in [7, 11) is 0. The highest BCUT2D eigenvalue weighted by Crippen LogP contribution is 2.33. The first kappa shape index (κ1) is 10.4. The zero-order chi connectivity index (χ0) is 9.97. The van der Waals surface area contributed by atoms with Crippen LogP contribution in [0.2, 0.25) is 0 Å². The molecule has 0 bridgehead atoms. The van der Waals surface area contributed by atoms with Gasteiger partial charge in [0.15, 0.2) is 0 Å². The molecule has 4 unspecified atom stereocenters. The van der Waals surface area contributed by atoms with Crippen LogP contribution in [0.1, 0.15) is 39.5 Å². The van der Waals surface area contributed by atoms with Crippen molar-refractivity contribution in [3.05, 3.63) is 0 Å². The maximum absolute atomic E-state index is 6.00. The number of hydrogen-bond acceptors (Lipinski definition) is 2. The molecule has 0 spiro atoms. The van der Waals surface area contributed by atoms with E-state index in [1.165, 1.54) is 25.7 Å². The lowest BCUT2D eigenvalue weighted by Crippen LogP contribution is -2.35. The second kappa shape index (κ2) is 4.63. The van der Waals surface area contributed by atoms with E-state index in [9.17, 15) is 0 Å². The Labute approximate surface area is 87.0 Å². The summed E-state index contributed by atoms with van der Waals surface area (Å²) in [6.45, 7) is 6.36. The van der Waals surface area contributed by atoms with Gasteiger partial charge in [-0.25, -0.2) is 0 Å². The molecule has 0 aromatic heterocycles. The van der Waals surface area contributed by atoms with Crippen molar-refractivity contribution in [2.24, 2.45) is 11.8 Å². The second-order valence-corrected chi connectivity index (χ2v) is 4.83. The Kier molecular flexibility index (Phi) is 3.45. The molecule has 1 aliphatic carbocycles. The summed E-state index contributed by atoms with van der Waals surface area (Å²) in [4.78, 5) is 0. The van der Waals surface area contributed by atoms with Gasteiger partial charge in [0.2, 0.25) is 0 Å². The van der Waals surface area contributed by atoms with Crippen LogP contribution in [0.3, 0.4) is 0 Å². The average Bonchev–Trinajstić information content (AvgIpc) is 2.99. The van der Waals surface area contributed by atoms with Gasteiger partial charge in [-0.05, 0) is 24.7 Å². The fraction of sp³-hybridized carbons (Fsp3) is 1.00. The van der Waals surface area contributed by atoms with E-state index in [1.54, 1.807) is 0 Å². The number of ether oxygens (including phenoxy) is 2. The van der Waals surface area contributed by atoms with Gasteiger partial charge in [-0.3, -0.25) is 0 Å². The van der Waals surface area contributed by atoms with E-state index in [0.29, 0.717) is 12.2 Å². The molecule has 0 aromatic rings. The van der Waals surface area contributed by atoms with Crippen molar-refractivity contribution in [3.8, 4) is 0 Å². The summed E-state index contributed by atoms with van der Waals surface area (Å²) in [5.74, 6) is 1.53. The lowest BCUT2D eigenvalue weighted by atomic mass is 9.78. The zero-order valence-electron chi connectivity index (χ0n) is 9.37. The van der Waals surface area contributed by atoms with Gasteiger partial charge in [-0.2, -0.15) is 0 Å². The van der Waals surface area contributed by atoms with E-state index in [4.69, 9.17) is 9.47 Å². The molecule has 1 heterocycles. The highest BCUT2D eigenvalue weighted by molar-refractivity contribution is 4.81. The van der Waals surface area contributed by atoms with Crippen molar-refractivity contribution < 1.29 is 9.47 Å². The van der Waals surface area contributed by atoms with Gasteiger partial charge < -0.3 is 9.47 Å². The lowest BCUT2D eigenvalue weighted by molar-refractivity contribution is -0.0489. The molecule has 82 valence electrons. The third-order valence-corrected chi connectivity index (χ3v) is 3.66. The van der Waals surface area contributed by atoms with Crippen molar-refractivity contribution >= 4 is 0 Å². The van der Waals surface area contributed by atoms with Gasteiger partial charge in [-0.1, -0.05) is 26.7 Å². The minimum absolute atomic E-state index is 0.418. The first-order valence-electron chi connectivity index (χ1n) is 6.04. The molecule has 1 saturated heterocycles. The molecular formula is C12H22O2. The standard InChI is InChI=1S/C12H22O2/c1-3-10-6-4-5-9(2)12(10)14-8-11-7-13-11/h9-12H,3-8H2,1-2H3. The van der Waals surface area contributed by atoms with Gasteiger partial charge in [-0.15, -0.1) is 0 Å². The zero-order valence-corrected chi connectivity index (χ0v) is 9.37. The van der Waals surface area contributed by atoms with Crippen molar-refractivity contribution in [2.45, 2.75) is 51.7 Å². The van der Waals surface area contributed by atoms with E-state index in [-0.39, 0.29) is 0 Å². The maximum Gasteiger partial charge on any atom is 0.104 e. The summed E-state index contributed by atoms with van der Waals surface area (Å²) in [5, 5.41) is 0. The minimum Gasteiger partial charge on any atom is -0.375 e. The third-order valence-electron chi connectivity index (χ3n) is 3.66. The van der Waals surface area contributed by atoms with Crippen molar-refractivity contribution in [2.75, 3.05) is 13.2 Å². The normalized spacial score (nSPS) is 42.4. The molecule has 1 aliphatic heterocycles. The molecule has 2 aliphatic rings. The van der Waals surface area contributed by atoms with Crippen LogP contribution in [0.25, 0.3) is 0 Å². The predicted molar refractivity (Wildman–Crippen MR) is 56.3 cm³/mol. The molecule has 2 fully saturated rings. The Morgan fingerprint density at radius 2 is 2.14 bits per heavy atom. The number of rotatable bonds is 4. The summed E-state index contributed by atoms with van der Waals surface area (Å²) >= 11 is 0. The maximum atomic E-state index is 6.00. The van der Waals surface area contributed by atoms with Crippen LogP contribution < -0.4 is 0 Å². The van der Waals surface area contributed by atoms with Crippen LogP contribution in [-0.4, -0.2) is 25.4 Å². The Balaban J connectivity index is 1.82. The average molecular weight is 198 g/mol. The van der Waals surface area contributed by atoms with Gasteiger partial charge in [0.05, 0.1) is 19.3 Å². The summed E-state index contributed by atoms with van der Waals surface area (Å²) < 4.78 is 11.2. The van der Waals surface area contributed by atoms with Crippen LogP contribution in [0.4, 0.5) is 0 Å². The molecule has 2 heteroatoms. The Morgan fingerprint density at radius 3 is 2.79 bits per heavy atom. The SMILES string of the molecule is CCC1CCCC(C)C1OCC1CO1. The van der Waals surface area contributed by atoms with E-state index in [2.05, 4.69) is 13.8 Å². The summed E-state index contributed by atoms with van der Waals surface area (Å²) in [6.07, 6.45) is 6.27. The Hall–Kier alpha value is -0.0800. The molecule has 1 saturated carbocycles. The van der Waals surface area contributed by atoms with Gasteiger partial charge >= 0.3 is 0 Å². The van der Waals surface area contributed by atoms with Gasteiger partial charge in [0.1, 0.15) is 6.10 Å². The van der Waals surface area contributed by atoms with Crippen LogP contribution >= 0.6 is 0 Å². The van der Waals surface area contributed by atoms with E-state index >= 15 is 0 Å². The van der Waals surface area contributed by atoms with Crippen molar-refractivity contribution in [1.82, 2.24) is 0 Å². The minimum atomic E-state index is 0.418. The number of epoxide rings is 1. The van der Waals surface area contributed by atoms with E-state index in [1.807, 2.05) is 0 Å². The molecule has 0 N–H and O–H groups in total. The van der Waals surface area contributed by atoms with Crippen LogP contribution in [0.15, 0.2) is 0 Å². The molecular weight excluding hydrogens is 176 g/mol. The Bertz CT molecular complexity index is 177.